The van der Waals surface area contributed by atoms with Crippen LogP contribution in [-0.4, -0.2) is 30.0 Å². The van der Waals surface area contributed by atoms with Crippen LogP contribution in [0.5, 0.6) is 5.75 Å². The molecule has 1 amide bonds. The third kappa shape index (κ3) is 4.47. The van der Waals surface area contributed by atoms with Crippen LogP contribution >= 0.6 is 0 Å². The van der Waals surface area contributed by atoms with Gasteiger partial charge in [-0.25, -0.2) is 9.18 Å². The maximum atomic E-state index is 13.6. The van der Waals surface area contributed by atoms with Gasteiger partial charge in [-0.05, 0) is 25.0 Å². The van der Waals surface area contributed by atoms with Gasteiger partial charge in [-0.15, -0.1) is 0 Å². The molecule has 0 saturated carbocycles. The zero-order valence-corrected chi connectivity index (χ0v) is 14.0. The van der Waals surface area contributed by atoms with Crippen molar-refractivity contribution >= 4 is 5.91 Å². The lowest BCUT2D eigenvalue weighted by molar-refractivity contribution is -0.130. The fourth-order valence-corrected chi connectivity index (χ4v) is 2.99. The minimum Gasteiger partial charge on any atom is -0.488 e. The van der Waals surface area contributed by atoms with E-state index in [0.717, 1.165) is 0 Å². The molecule has 0 radical (unpaired) electrons. The van der Waals surface area contributed by atoms with Gasteiger partial charge < -0.3 is 14.1 Å². The normalized spacial score (nSPS) is 16.9. The van der Waals surface area contributed by atoms with Crippen LogP contribution in [0.4, 0.5) is 4.39 Å². The van der Waals surface area contributed by atoms with Crippen LogP contribution in [0, 0.1) is 12.7 Å². The van der Waals surface area contributed by atoms with Crippen molar-refractivity contribution in [3.63, 3.8) is 0 Å². The Morgan fingerprint density at radius 1 is 1.36 bits per heavy atom. The number of carbonyl (C=O) groups is 1. The van der Waals surface area contributed by atoms with Gasteiger partial charge in [0.05, 0.1) is 12.6 Å². The van der Waals surface area contributed by atoms with E-state index in [2.05, 4.69) is 0 Å². The third-order valence-electron chi connectivity index (χ3n) is 4.23. The van der Waals surface area contributed by atoms with Crippen molar-refractivity contribution in [3.05, 3.63) is 64.0 Å². The molecule has 0 N–H and O–H groups in total. The fraction of sp³-hybridized carbons (Fsp3) is 0.368. The molecule has 3 rings (SSSR count). The highest BCUT2D eigenvalue weighted by atomic mass is 19.1. The Balaban J connectivity index is 1.52. The number of rotatable bonds is 5. The predicted molar refractivity (Wildman–Crippen MR) is 90.0 cm³/mol. The zero-order valence-electron chi connectivity index (χ0n) is 14.0. The molecule has 6 heteroatoms. The molecule has 1 saturated heterocycles. The summed E-state index contributed by atoms with van der Waals surface area (Å²) in [4.78, 5) is 25.4. The first-order valence-corrected chi connectivity index (χ1v) is 8.31. The lowest BCUT2D eigenvalue weighted by atomic mass is 10.1. The van der Waals surface area contributed by atoms with Gasteiger partial charge in [0.25, 0.3) is 0 Å². The third-order valence-corrected chi connectivity index (χ3v) is 4.23. The second-order valence-electron chi connectivity index (χ2n) is 6.18. The molecular weight excluding hydrogens is 325 g/mol. The molecule has 5 nitrogen and oxygen atoms in total. The van der Waals surface area contributed by atoms with Gasteiger partial charge in [0.2, 0.25) is 5.91 Å². The highest BCUT2D eigenvalue weighted by Crippen LogP contribution is 2.19. The molecule has 25 heavy (non-hydrogen) atoms. The van der Waals surface area contributed by atoms with Gasteiger partial charge in [-0.1, -0.05) is 18.2 Å². The molecule has 1 atom stereocenters. The van der Waals surface area contributed by atoms with E-state index < -0.39 is 5.63 Å². The Hall–Kier alpha value is -2.63. The molecule has 1 aromatic heterocycles. The smallest absolute Gasteiger partial charge is 0.339 e. The monoisotopic (exact) mass is 345 g/mol. The van der Waals surface area contributed by atoms with Crippen LogP contribution in [0.2, 0.25) is 0 Å². The summed E-state index contributed by atoms with van der Waals surface area (Å²) in [6.07, 6.45) is 1.19. The molecule has 1 aliphatic heterocycles. The van der Waals surface area contributed by atoms with Crippen LogP contribution in [0.25, 0.3) is 0 Å². The van der Waals surface area contributed by atoms with Crippen molar-refractivity contribution in [3.8, 4) is 5.75 Å². The SMILES string of the molecule is Cc1cc(O[C@@H]2CCN(C(=O)CCc3ccccc3F)C2)cc(=O)o1. The number of hydrogen-bond acceptors (Lipinski definition) is 4. The highest BCUT2D eigenvalue weighted by Gasteiger charge is 2.27. The molecule has 0 bridgehead atoms. The quantitative estimate of drug-likeness (QED) is 0.836. The van der Waals surface area contributed by atoms with Crippen molar-refractivity contribution in [2.45, 2.75) is 32.3 Å². The first-order chi connectivity index (χ1) is 12.0. The Labute approximate surface area is 145 Å². The van der Waals surface area contributed by atoms with E-state index >= 15 is 0 Å². The minimum absolute atomic E-state index is 0.0156. The number of likely N-dealkylation sites (tertiary alicyclic amines) is 1. The van der Waals surface area contributed by atoms with Crippen LogP contribution in [0.1, 0.15) is 24.2 Å². The van der Waals surface area contributed by atoms with Crippen molar-refractivity contribution in [1.82, 2.24) is 4.90 Å². The molecule has 0 unspecified atom stereocenters. The number of amides is 1. The average Bonchev–Trinajstić information content (AvgIpc) is 3.01. The van der Waals surface area contributed by atoms with E-state index in [1.54, 1.807) is 36.1 Å². The Morgan fingerprint density at radius 3 is 2.92 bits per heavy atom. The lowest BCUT2D eigenvalue weighted by Crippen LogP contribution is -2.31. The number of ether oxygens (including phenoxy) is 1. The topological polar surface area (TPSA) is 59.8 Å². The van der Waals surface area contributed by atoms with Crippen LogP contribution < -0.4 is 10.4 Å². The van der Waals surface area contributed by atoms with Gasteiger partial charge in [-0.3, -0.25) is 4.79 Å². The minimum atomic E-state index is -0.453. The summed E-state index contributed by atoms with van der Waals surface area (Å²) in [6.45, 7) is 2.75. The van der Waals surface area contributed by atoms with Crippen molar-refractivity contribution in [2.75, 3.05) is 13.1 Å². The van der Waals surface area contributed by atoms with E-state index in [1.165, 1.54) is 12.1 Å². The largest absolute Gasteiger partial charge is 0.488 e. The van der Waals surface area contributed by atoms with Crippen molar-refractivity contribution < 1.29 is 18.3 Å². The van der Waals surface area contributed by atoms with E-state index in [9.17, 15) is 14.0 Å². The Bertz CT molecular complexity index is 817. The summed E-state index contributed by atoms with van der Waals surface area (Å²) >= 11 is 0. The number of benzene rings is 1. The second kappa shape index (κ2) is 7.51. The van der Waals surface area contributed by atoms with Crippen LogP contribution in [-0.2, 0) is 11.2 Å². The molecule has 2 heterocycles. The number of nitrogens with zero attached hydrogens (tertiary/aromatic N) is 1. The molecular formula is C19H20FNO4. The lowest BCUT2D eigenvalue weighted by Gasteiger charge is -2.17. The summed E-state index contributed by atoms with van der Waals surface area (Å²) in [5, 5.41) is 0. The summed E-state index contributed by atoms with van der Waals surface area (Å²) in [6, 6.07) is 9.45. The number of carbonyl (C=O) groups excluding carboxylic acids is 1. The summed E-state index contributed by atoms with van der Waals surface area (Å²) < 4.78 is 24.3. The van der Waals surface area contributed by atoms with Gasteiger partial charge in [0.1, 0.15) is 23.4 Å². The van der Waals surface area contributed by atoms with Crippen LogP contribution in [0.15, 0.2) is 45.6 Å². The molecule has 0 aliphatic carbocycles. The molecule has 1 fully saturated rings. The van der Waals surface area contributed by atoms with Gasteiger partial charge in [-0.2, -0.15) is 0 Å². The first kappa shape index (κ1) is 17.2. The summed E-state index contributed by atoms with van der Waals surface area (Å²) in [5.74, 6) is 0.645. The highest BCUT2D eigenvalue weighted by molar-refractivity contribution is 5.76. The van der Waals surface area contributed by atoms with E-state index in [-0.39, 0.29) is 24.2 Å². The molecule has 132 valence electrons. The van der Waals surface area contributed by atoms with Gasteiger partial charge in [0, 0.05) is 25.5 Å². The van der Waals surface area contributed by atoms with Gasteiger partial charge in [0.15, 0.2) is 0 Å². The molecule has 1 aromatic carbocycles. The Kier molecular flexibility index (Phi) is 5.16. The summed E-state index contributed by atoms with van der Waals surface area (Å²) in [5.41, 5.74) is 0.0974. The maximum absolute atomic E-state index is 13.6. The number of aryl methyl sites for hydroxylation is 2. The standard InChI is InChI=1S/C19H20FNO4/c1-13-10-16(11-19(23)24-13)25-15-8-9-21(12-15)18(22)7-6-14-4-2-3-5-17(14)20/h2-5,10-11,15H,6-9,12H2,1H3/t15-/m1/s1. The second-order valence-corrected chi connectivity index (χ2v) is 6.18. The molecule has 0 spiro atoms. The predicted octanol–water partition coefficient (Wildman–Crippen LogP) is 2.70. The van der Waals surface area contributed by atoms with Gasteiger partial charge >= 0.3 is 5.63 Å². The van der Waals surface area contributed by atoms with E-state index in [0.29, 0.717) is 43.0 Å². The number of hydrogen-bond donors (Lipinski definition) is 0. The zero-order chi connectivity index (χ0) is 17.8. The average molecular weight is 345 g/mol. The first-order valence-electron chi connectivity index (χ1n) is 8.31. The number of halogens is 1. The Morgan fingerprint density at radius 2 is 2.16 bits per heavy atom. The molecule has 1 aliphatic rings. The van der Waals surface area contributed by atoms with E-state index in [1.807, 2.05) is 0 Å². The maximum Gasteiger partial charge on any atom is 0.339 e. The van der Waals surface area contributed by atoms with Crippen molar-refractivity contribution in [1.29, 1.82) is 0 Å². The van der Waals surface area contributed by atoms with Crippen LogP contribution in [0.3, 0.4) is 0 Å². The van der Waals surface area contributed by atoms with E-state index in [4.69, 9.17) is 9.15 Å². The summed E-state index contributed by atoms with van der Waals surface area (Å²) in [7, 11) is 0. The molecule has 2 aromatic rings. The van der Waals surface area contributed by atoms with Crippen molar-refractivity contribution in [2.24, 2.45) is 0 Å². The fourth-order valence-electron chi connectivity index (χ4n) is 2.99.